The van der Waals surface area contributed by atoms with Gasteiger partial charge in [0.25, 0.3) is 11.5 Å². The molecule has 1 aliphatic rings. The van der Waals surface area contributed by atoms with Crippen molar-refractivity contribution in [2.75, 3.05) is 31.1 Å². The normalized spacial score (nSPS) is 14.6. The molecule has 1 saturated heterocycles. The molecule has 0 N–H and O–H groups in total. The molecule has 3 heterocycles. The number of nitrogens with zero attached hydrogens (tertiary/aromatic N) is 5. The molecule has 8 heteroatoms. The van der Waals surface area contributed by atoms with Crippen molar-refractivity contribution in [2.45, 2.75) is 0 Å². The van der Waals surface area contributed by atoms with Crippen molar-refractivity contribution >= 4 is 38.8 Å². The topological polar surface area (TPSA) is 71.3 Å². The highest BCUT2D eigenvalue weighted by Gasteiger charge is 2.25. The minimum Gasteiger partial charge on any atom is -0.348 e. The minimum absolute atomic E-state index is 0.00530. The SMILES string of the molecule is Cn1c(=O)c(N2CCN(C(=O)c3ccc(Br)cc3)CC2)nc2cccnc21. The van der Waals surface area contributed by atoms with Crippen LogP contribution in [-0.4, -0.2) is 51.5 Å². The zero-order valence-electron chi connectivity index (χ0n) is 14.8. The van der Waals surface area contributed by atoms with Crippen molar-refractivity contribution in [3.63, 3.8) is 0 Å². The third-order valence-electron chi connectivity index (χ3n) is 4.76. The van der Waals surface area contributed by atoms with Crippen LogP contribution in [-0.2, 0) is 7.05 Å². The fourth-order valence-corrected chi connectivity index (χ4v) is 3.51. The zero-order chi connectivity index (χ0) is 19.0. The molecule has 0 saturated carbocycles. The molecule has 0 radical (unpaired) electrons. The van der Waals surface area contributed by atoms with Crippen molar-refractivity contribution in [1.29, 1.82) is 0 Å². The second-order valence-corrected chi connectivity index (χ2v) is 7.35. The summed E-state index contributed by atoms with van der Waals surface area (Å²) >= 11 is 3.38. The second kappa shape index (κ2) is 7.11. The summed E-state index contributed by atoms with van der Waals surface area (Å²) in [5.74, 6) is 0.416. The maximum Gasteiger partial charge on any atom is 0.294 e. The number of pyridine rings is 1. The Balaban J connectivity index is 1.53. The molecule has 1 aromatic carbocycles. The van der Waals surface area contributed by atoms with Gasteiger partial charge in [0.15, 0.2) is 11.5 Å². The van der Waals surface area contributed by atoms with Gasteiger partial charge in [-0.3, -0.25) is 14.2 Å². The molecular formula is C19H18BrN5O2. The number of benzene rings is 1. The molecule has 0 spiro atoms. The minimum atomic E-state index is -0.172. The number of rotatable bonds is 2. The van der Waals surface area contributed by atoms with Crippen LogP contribution in [0.25, 0.3) is 11.2 Å². The first-order chi connectivity index (χ1) is 13.0. The molecule has 1 amide bonds. The van der Waals surface area contributed by atoms with E-state index in [1.807, 2.05) is 40.1 Å². The fraction of sp³-hybridized carbons (Fsp3) is 0.263. The first kappa shape index (κ1) is 17.7. The van der Waals surface area contributed by atoms with Crippen LogP contribution in [0.5, 0.6) is 0 Å². The molecule has 0 aliphatic carbocycles. The summed E-state index contributed by atoms with van der Waals surface area (Å²) in [6.07, 6.45) is 1.65. The number of hydrogen-bond acceptors (Lipinski definition) is 5. The standard InChI is InChI=1S/C19H18BrN5O2/c1-23-16-15(3-2-8-21-16)22-17(19(23)27)24-9-11-25(12-10-24)18(26)13-4-6-14(20)7-5-13/h2-8H,9-12H2,1H3. The van der Waals surface area contributed by atoms with Crippen LogP contribution < -0.4 is 10.5 Å². The van der Waals surface area contributed by atoms with Gasteiger partial charge in [0.05, 0.1) is 0 Å². The van der Waals surface area contributed by atoms with E-state index in [4.69, 9.17) is 0 Å². The van der Waals surface area contributed by atoms with Crippen LogP contribution in [0.3, 0.4) is 0 Å². The summed E-state index contributed by atoms with van der Waals surface area (Å²) in [6, 6.07) is 11.0. The van der Waals surface area contributed by atoms with Gasteiger partial charge in [-0.2, -0.15) is 0 Å². The highest BCUT2D eigenvalue weighted by molar-refractivity contribution is 9.10. The number of piperazine rings is 1. The zero-order valence-corrected chi connectivity index (χ0v) is 16.4. The molecule has 4 rings (SSSR count). The van der Waals surface area contributed by atoms with E-state index in [0.717, 1.165) is 4.47 Å². The Labute approximate surface area is 164 Å². The molecule has 0 atom stereocenters. The van der Waals surface area contributed by atoms with Gasteiger partial charge in [0, 0.05) is 49.5 Å². The Hall–Kier alpha value is -2.74. The number of carbonyl (C=O) groups excluding carboxylic acids is 1. The lowest BCUT2D eigenvalue weighted by Crippen LogP contribution is -2.50. The van der Waals surface area contributed by atoms with Crippen molar-refractivity contribution in [3.05, 3.63) is 63.0 Å². The second-order valence-electron chi connectivity index (χ2n) is 6.43. The number of amides is 1. The molecule has 1 fully saturated rings. The third kappa shape index (κ3) is 3.32. The average Bonchev–Trinajstić information content (AvgIpc) is 2.71. The van der Waals surface area contributed by atoms with E-state index in [0.29, 0.717) is 48.7 Å². The van der Waals surface area contributed by atoms with Gasteiger partial charge in [-0.25, -0.2) is 9.97 Å². The number of hydrogen-bond donors (Lipinski definition) is 0. The number of aryl methyl sites for hydroxylation is 1. The Morgan fingerprint density at radius 1 is 1.07 bits per heavy atom. The van der Waals surface area contributed by atoms with Gasteiger partial charge in [-0.15, -0.1) is 0 Å². The van der Waals surface area contributed by atoms with Gasteiger partial charge in [-0.1, -0.05) is 15.9 Å². The Kier molecular flexibility index (Phi) is 4.65. The molecule has 0 unspecified atom stereocenters. The molecule has 1 aliphatic heterocycles. The summed E-state index contributed by atoms with van der Waals surface area (Å²) in [5.41, 5.74) is 1.74. The first-order valence-electron chi connectivity index (χ1n) is 8.66. The number of aromatic nitrogens is 3. The van der Waals surface area contributed by atoms with Gasteiger partial charge >= 0.3 is 0 Å². The number of fused-ring (bicyclic) bond motifs is 1. The molecular weight excluding hydrogens is 410 g/mol. The lowest BCUT2D eigenvalue weighted by atomic mass is 10.2. The van der Waals surface area contributed by atoms with Gasteiger partial charge in [0.1, 0.15) is 5.52 Å². The molecule has 138 valence electrons. The lowest BCUT2D eigenvalue weighted by molar-refractivity contribution is 0.0746. The Morgan fingerprint density at radius 2 is 1.78 bits per heavy atom. The van der Waals surface area contributed by atoms with Crippen LogP contribution in [0.1, 0.15) is 10.4 Å². The van der Waals surface area contributed by atoms with E-state index >= 15 is 0 Å². The molecule has 27 heavy (non-hydrogen) atoms. The number of anilines is 1. The average molecular weight is 428 g/mol. The highest BCUT2D eigenvalue weighted by Crippen LogP contribution is 2.16. The summed E-state index contributed by atoms with van der Waals surface area (Å²) in [6.45, 7) is 2.22. The summed E-state index contributed by atoms with van der Waals surface area (Å²) < 4.78 is 2.47. The first-order valence-corrected chi connectivity index (χ1v) is 9.45. The predicted octanol–water partition coefficient (Wildman–Crippen LogP) is 2.05. The van der Waals surface area contributed by atoms with Crippen molar-refractivity contribution in [1.82, 2.24) is 19.4 Å². The predicted molar refractivity (Wildman–Crippen MR) is 107 cm³/mol. The third-order valence-corrected chi connectivity index (χ3v) is 5.29. The number of halogens is 1. The van der Waals surface area contributed by atoms with Crippen LogP contribution in [0.2, 0.25) is 0 Å². The molecule has 2 aromatic heterocycles. The number of carbonyl (C=O) groups is 1. The lowest BCUT2D eigenvalue weighted by Gasteiger charge is -2.35. The summed E-state index contributed by atoms with van der Waals surface area (Å²) in [5, 5.41) is 0. The molecule has 0 bridgehead atoms. The van der Waals surface area contributed by atoms with E-state index < -0.39 is 0 Å². The van der Waals surface area contributed by atoms with Gasteiger partial charge < -0.3 is 9.80 Å². The fourth-order valence-electron chi connectivity index (χ4n) is 3.24. The quantitative estimate of drug-likeness (QED) is 0.625. The largest absolute Gasteiger partial charge is 0.348 e. The highest BCUT2D eigenvalue weighted by atomic mass is 79.9. The van der Waals surface area contributed by atoms with Crippen LogP contribution in [0.15, 0.2) is 51.9 Å². The summed E-state index contributed by atoms with van der Waals surface area (Å²) in [4.78, 5) is 37.8. The monoisotopic (exact) mass is 427 g/mol. The maximum absolute atomic E-state index is 12.7. The van der Waals surface area contributed by atoms with E-state index in [9.17, 15) is 9.59 Å². The van der Waals surface area contributed by atoms with Gasteiger partial charge in [-0.05, 0) is 36.4 Å². The Bertz CT molecular complexity index is 1060. The van der Waals surface area contributed by atoms with E-state index in [1.165, 1.54) is 4.57 Å². The van der Waals surface area contributed by atoms with Crippen LogP contribution in [0, 0.1) is 0 Å². The van der Waals surface area contributed by atoms with Gasteiger partial charge in [0.2, 0.25) is 0 Å². The van der Waals surface area contributed by atoms with Crippen molar-refractivity contribution in [3.8, 4) is 0 Å². The Morgan fingerprint density at radius 3 is 2.48 bits per heavy atom. The van der Waals surface area contributed by atoms with Crippen LogP contribution >= 0.6 is 15.9 Å². The molecule has 3 aromatic rings. The molecule has 7 nitrogen and oxygen atoms in total. The van der Waals surface area contributed by atoms with Crippen LogP contribution in [0.4, 0.5) is 5.82 Å². The van der Waals surface area contributed by atoms with Crippen molar-refractivity contribution < 1.29 is 4.79 Å². The van der Waals surface area contributed by atoms with E-state index in [-0.39, 0.29) is 11.5 Å². The van der Waals surface area contributed by atoms with Crippen molar-refractivity contribution in [2.24, 2.45) is 7.05 Å². The summed E-state index contributed by atoms with van der Waals surface area (Å²) in [7, 11) is 1.70. The smallest absolute Gasteiger partial charge is 0.294 e. The van der Waals surface area contributed by atoms with E-state index in [2.05, 4.69) is 25.9 Å². The van der Waals surface area contributed by atoms with E-state index in [1.54, 1.807) is 19.3 Å². The maximum atomic E-state index is 12.7.